The normalized spacial score (nSPS) is 10.9. The molecule has 0 saturated heterocycles. The third-order valence-corrected chi connectivity index (χ3v) is 2.70. The molecule has 0 rings (SSSR count). The van der Waals surface area contributed by atoms with Crippen molar-refractivity contribution in [2.45, 2.75) is 6.92 Å². The zero-order chi connectivity index (χ0) is 10.5. The van der Waals surface area contributed by atoms with Crippen LogP contribution in [0.25, 0.3) is 0 Å². The maximum Gasteiger partial charge on any atom is 0.333 e. The molecule has 0 fully saturated rings. The van der Waals surface area contributed by atoms with Crippen molar-refractivity contribution in [2.75, 3.05) is 12.4 Å². The van der Waals surface area contributed by atoms with Gasteiger partial charge in [-0.05, 0) is 18.7 Å². The summed E-state index contributed by atoms with van der Waals surface area (Å²) in [4.78, 5) is 10.7. The summed E-state index contributed by atoms with van der Waals surface area (Å²) < 4.78 is 27.5. The fourth-order valence-electron chi connectivity index (χ4n) is 0.406. The maximum absolute atomic E-state index is 10.7. The highest BCUT2D eigenvalue weighted by molar-refractivity contribution is 7.90. The van der Waals surface area contributed by atoms with Crippen LogP contribution in [0, 0.1) is 0 Å². The highest BCUT2D eigenvalue weighted by Gasteiger charge is 2.10. The van der Waals surface area contributed by atoms with E-state index in [0.29, 0.717) is 0 Å². The zero-order valence-electron chi connectivity index (χ0n) is 7.04. The van der Waals surface area contributed by atoms with Crippen LogP contribution in [0.1, 0.15) is 6.92 Å². The van der Waals surface area contributed by atoms with Gasteiger partial charge in [0.15, 0.2) is 0 Å². The summed E-state index contributed by atoms with van der Waals surface area (Å²) in [7, 11) is -3.53. The van der Waals surface area contributed by atoms with Crippen molar-refractivity contribution in [2.24, 2.45) is 0 Å². The van der Waals surface area contributed by atoms with Gasteiger partial charge < -0.3 is 4.74 Å². The average Bonchev–Trinajstić information content (AvgIpc) is 2.04. The standard InChI is InChI=1S/C6H10ClNO4S/c1-5(2)6(9)12-3-4-13(10,11)8-7/h8H,1,3-4H2,2H3. The SMILES string of the molecule is C=C(C)C(=O)OCCS(=O)(=O)NCl. The first kappa shape index (κ1) is 12.4. The van der Waals surface area contributed by atoms with Crippen molar-refractivity contribution in [1.29, 1.82) is 0 Å². The Bertz CT molecular complexity index is 298. The Kier molecular flexibility index (Phi) is 4.97. The maximum atomic E-state index is 10.7. The summed E-state index contributed by atoms with van der Waals surface area (Å²) in [6, 6.07) is 0. The summed E-state index contributed by atoms with van der Waals surface area (Å²) in [6.07, 6.45) is 0. The van der Waals surface area contributed by atoms with Crippen LogP contribution in [0.5, 0.6) is 0 Å². The van der Waals surface area contributed by atoms with Gasteiger partial charge in [0.2, 0.25) is 10.0 Å². The van der Waals surface area contributed by atoms with E-state index in [-0.39, 0.29) is 17.9 Å². The first-order chi connectivity index (χ1) is 5.89. The Hall–Kier alpha value is -0.590. The van der Waals surface area contributed by atoms with Crippen LogP contribution in [0.3, 0.4) is 0 Å². The highest BCUT2D eigenvalue weighted by atomic mass is 35.5. The zero-order valence-corrected chi connectivity index (χ0v) is 8.61. The second-order valence-electron chi connectivity index (χ2n) is 2.31. The van der Waals surface area contributed by atoms with E-state index in [4.69, 9.17) is 11.8 Å². The molecule has 0 amide bonds. The van der Waals surface area contributed by atoms with Gasteiger partial charge in [-0.2, -0.15) is 0 Å². The molecule has 0 bridgehead atoms. The van der Waals surface area contributed by atoms with Crippen LogP contribution in [-0.4, -0.2) is 26.7 Å². The van der Waals surface area contributed by atoms with Gasteiger partial charge >= 0.3 is 5.97 Å². The molecule has 0 aliphatic carbocycles. The van der Waals surface area contributed by atoms with E-state index in [1.165, 1.54) is 6.92 Å². The van der Waals surface area contributed by atoms with Crippen LogP contribution in [0.4, 0.5) is 0 Å². The van der Waals surface area contributed by atoms with Crippen molar-refractivity contribution in [3.05, 3.63) is 12.2 Å². The highest BCUT2D eigenvalue weighted by Crippen LogP contribution is 1.93. The first-order valence-corrected chi connectivity index (χ1v) is 5.35. The van der Waals surface area contributed by atoms with E-state index in [1.807, 2.05) is 0 Å². The number of hydrogen-bond acceptors (Lipinski definition) is 4. The van der Waals surface area contributed by atoms with Gasteiger partial charge in [-0.1, -0.05) is 6.58 Å². The second-order valence-corrected chi connectivity index (χ2v) is 4.57. The van der Waals surface area contributed by atoms with Gasteiger partial charge in [-0.25, -0.2) is 13.2 Å². The van der Waals surface area contributed by atoms with Gasteiger partial charge in [0.05, 0.1) is 5.75 Å². The average molecular weight is 228 g/mol. The van der Waals surface area contributed by atoms with Gasteiger partial charge in [0.25, 0.3) is 0 Å². The van der Waals surface area contributed by atoms with Crippen molar-refractivity contribution < 1.29 is 17.9 Å². The Morgan fingerprint density at radius 2 is 2.15 bits per heavy atom. The number of esters is 1. The van der Waals surface area contributed by atoms with Crippen LogP contribution in [0.2, 0.25) is 0 Å². The third kappa shape index (κ3) is 5.62. The number of rotatable bonds is 5. The Morgan fingerprint density at radius 1 is 1.62 bits per heavy atom. The third-order valence-electron chi connectivity index (χ3n) is 1.05. The van der Waals surface area contributed by atoms with Crippen molar-refractivity contribution in [1.82, 2.24) is 4.24 Å². The van der Waals surface area contributed by atoms with Gasteiger partial charge in [-0.3, -0.25) is 0 Å². The molecule has 0 aliphatic heterocycles. The summed E-state index contributed by atoms with van der Waals surface area (Å²) >= 11 is 4.88. The quantitative estimate of drug-likeness (QED) is 0.413. The number of carbonyl (C=O) groups excluding carboxylic acids is 1. The minimum Gasteiger partial charge on any atom is -0.461 e. The summed E-state index contributed by atoms with van der Waals surface area (Å²) in [5, 5.41) is 0. The minimum atomic E-state index is -3.53. The molecule has 1 N–H and O–H groups in total. The molecule has 0 unspecified atom stereocenters. The van der Waals surface area contributed by atoms with E-state index >= 15 is 0 Å². The summed E-state index contributed by atoms with van der Waals surface area (Å²) in [5.74, 6) is -0.986. The fourth-order valence-corrected chi connectivity index (χ4v) is 1.02. The van der Waals surface area contributed by atoms with Crippen molar-refractivity contribution >= 4 is 27.8 Å². The van der Waals surface area contributed by atoms with E-state index < -0.39 is 16.0 Å². The predicted molar refractivity (Wildman–Crippen MR) is 48.5 cm³/mol. The Morgan fingerprint density at radius 3 is 2.54 bits per heavy atom. The molecule has 7 heteroatoms. The molecule has 76 valence electrons. The monoisotopic (exact) mass is 227 g/mol. The van der Waals surface area contributed by atoms with E-state index in [0.717, 1.165) is 0 Å². The summed E-state index contributed by atoms with van der Waals surface area (Å²) in [5.41, 5.74) is 0.219. The van der Waals surface area contributed by atoms with Crippen LogP contribution in [-0.2, 0) is 19.6 Å². The molecule has 0 atom stereocenters. The molecular formula is C6H10ClNO4S. The lowest BCUT2D eigenvalue weighted by atomic mass is 10.4. The van der Waals surface area contributed by atoms with Crippen LogP contribution < -0.4 is 4.24 Å². The molecule has 0 radical (unpaired) electrons. The molecule has 0 saturated carbocycles. The number of ether oxygens (including phenoxy) is 1. The van der Waals surface area contributed by atoms with Crippen molar-refractivity contribution in [3.63, 3.8) is 0 Å². The lowest BCUT2D eigenvalue weighted by Gasteiger charge is -2.03. The van der Waals surface area contributed by atoms with Gasteiger partial charge in [-0.15, -0.1) is 4.24 Å². The molecule has 0 aromatic carbocycles. The number of nitrogens with one attached hydrogen (secondary N) is 1. The van der Waals surface area contributed by atoms with E-state index in [1.54, 1.807) is 4.24 Å². The van der Waals surface area contributed by atoms with E-state index in [2.05, 4.69) is 11.3 Å². The molecular weight excluding hydrogens is 218 g/mol. The molecule has 0 spiro atoms. The number of hydrogen-bond donors (Lipinski definition) is 1. The number of sulfonamides is 1. The van der Waals surface area contributed by atoms with E-state index in [9.17, 15) is 13.2 Å². The lowest BCUT2D eigenvalue weighted by Crippen LogP contribution is -2.22. The molecule has 0 heterocycles. The summed E-state index contributed by atoms with van der Waals surface area (Å²) in [6.45, 7) is 4.55. The Balaban J connectivity index is 3.82. The molecule has 5 nitrogen and oxygen atoms in total. The number of halogens is 1. The topological polar surface area (TPSA) is 72.5 Å². The molecule has 0 aliphatic rings. The molecule has 13 heavy (non-hydrogen) atoms. The number of carbonyl (C=O) groups is 1. The van der Waals surface area contributed by atoms with Gasteiger partial charge in [0, 0.05) is 5.57 Å². The largest absolute Gasteiger partial charge is 0.461 e. The van der Waals surface area contributed by atoms with Crippen LogP contribution in [0.15, 0.2) is 12.2 Å². The van der Waals surface area contributed by atoms with Crippen molar-refractivity contribution in [3.8, 4) is 0 Å². The van der Waals surface area contributed by atoms with Crippen LogP contribution >= 0.6 is 11.8 Å². The lowest BCUT2D eigenvalue weighted by molar-refractivity contribution is -0.138. The second kappa shape index (κ2) is 5.21. The van der Waals surface area contributed by atoms with Gasteiger partial charge in [0.1, 0.15) is 6.61 Å². The minimum absolute atomic E-state index is 0.219. The first-order valence-electron chi connectivity index (χ1n) is 3.32. The smallest absolute Gasteiger partial charge is 0.333 e. The molecule has 0 aromatic rings. The molecule has 0 aromatic heterocycles. The fraction of sp³-hybridized carbons (Fsp3) is 0.500. The Labute approximate surface area is 81.9 Å². The predicted octanol–water partition coefficient (Wildman–Crippen LogP) is 0.179.